The number of pyridine rings is 1. The Balaban J connectivity index is 0.993. The van der Waals surface area contributed by atoms with Crippen molar-refractivity contribution in [2.24, 2.45) is 0 Å². The van der Waals surface area contributed by atoms with Crippen LogP contribution in [0.5, 0.6) is 11.5 Å². The topological polar surface area (TPSA) is 84.0 Å². The Hall–Kier alpha value is -9.53. The van der Waals surface area contributed by atoms with Crippen molar-refractivity contribution in [3.8, 4) is 67.9 Å². The molecule has 0 saturated carbocycles. The molecule has 5 heterocycles. The average molecular weight is 1080 g/mol. The molecule has 0 atom stereocenters. The van der Waals surface area contributed by atoms with Crippen LogP contribution in [0.15, 0.2) is 197 Å². The Kier molecular flexibility index (Phi) is 12.5. The monoisotopic (exact) mass is 1080 g/mol. The number of hydrogen-bond acceptors (Lipinski definition) is 6. The average Bonchev–Trinajstić information content (AvgIpc) is 3.78. The third-order valence-corrected chi connectivity index (χ3v) is 16.6. The van der Waals surface area contributed by atoms with E-state index in [2.05, 4.69) is 241 Å². The zero-order valence-electron chi connectivity index (χ0n) is 48.7. The molecule has 0 radical (unpaired) electrons. The minimum absolute atomic E-state index is 0.177. The molecule has 14 aromatic rings. The first-order chi connectivity index (χ1) is 40.3. The fraction of sp³-hybridized carbons (Fsp3) is 0.187. The van der Waals surface area contributed by atoms with Crippen molar-refractivity contribution < 1.29 is 13.6 Å². The molecule has 408 valence electrons. The molecule has 0 unspecified atom stereocenters. The molecule has 0 fully saturated rings. The van der Waals surface area contributed by atoms with Crippen LogP contribution in [0, 0.1) is 13.8 Å². The van der Waals surface area contributed by atoms with Crippen LogP contribution in [0.3, 0.4) is 0 Å². The maximum Gasteiger partial charge on any atom is 0.149 e. The maximum absolute atomic E-state index is 7.28. The first-order valence-electron chi connectivity index (χ1n) is 29.2. The molecule has 5 aromatic heterocycles. The zero-order valence-corrected chi connectivity index (χ0v) is 48.7. The summed E-state index contributed by atoms with van der Waals surface area (Å²) in [6.45, 7) is 22.4. The summed E-state index contributed by atoms with van der Waals surface area (Å²) in [6.07, 6.45) is 0. The lowest BCUT2D eigenvalue weighted by atomic mass is 9.88. The molecule has 0 aliphatic rings. The molecule has 0 saturated heterocycles. The lowest BCUT2D eigenvalue weighted by molar-refractivity contribution is 0.483. The van der Waals surface area contributed by atoms with Crippen LogP contribution in [0.2, 0.25) is 0 Å². The second kappa shape index (κ2) is 20.2. The summed E-state index contributed by atoms with van der Waals surface area (Å²) in [7, 11) is 0. The van der Waals surface area contributed by atoms with Gasteiger partial charge in [-0.2, -0.15) is 0 Å². The van der Waals surface area contributed by atoms with Crippen LogP contribution < -0.4 is 4.74 Å². The number of ether oxygens (including phenoxy) is 1. The second-order valence-electron chi connectivity index (χ2n) is 23.6. The molecule has 8 heteroatoms. The van der Waals surface area contributed by atoms with Crippen LogP contribution in [-0.4, -0.2) is 24.1 Å². The highest BCUT2D eigenvalue weighted by atomic mass is 16.5. The van der Waals surface area contributed by atoms with Crippen molar-refractivity contribution in [1.29, 1.82) is 0 Å². The van der Waals surface area contributed by atoms with Gasteiger partial charge in [-0.3, -0.25) is 14.1 Å². The summed E-state index contributed by atoms with van der Waals surface area (Å²) < 4.78 is 25.8. The van der Waals surface area contributed by atoms with E-state index >= 15 is 0 Å². The smallest absolute Gasteiger partial charge is 0.149 e. The van der Waals surface area contributed by atoms with E-state index in [-0.39, 0.29) is 23.7 Å². The lowest BCUT2D eigenvalue weighted by Gasteiger charge is -2.24. The minimum atomic E-state index is 0.177. The first kappa shape index (κ1) is 51.6. The second-order valence-corrected chi connectivity index (χ2v) is 23.6. The number of para-hydroxylation sites is 4. The lowest BCUT2D eigenvalue weighted by Crippen LogP contribution is -2.09. The van der Waals surface area contributed by atoms with Crippen molar-refractivity contribution >= 4 is 65.9 Å². The summed E-state index contributed by atoms with van der Waals surface area (Å²) in [5.41, 5.74) is 22.5. The van der Waals surface area contributed by atoms with Gasteiger partial charge in [-0.15, -0.1) is 0 Å². The number of aromatic nitrogens is 5. The van der Waals surface area contributed by atoms with Gasteiger partial charge in [0.15, 0.2) is 0 Å². The Morgan fingerprint density at radius 3 is 1.46 bits per heavy atom. The minimum Gasteiger partial charge on any atom is -0.457 e. The highest BCUT2D eigenvalue weighted by Gasteiger charge is 2.29. The molecular formula is C75H65N5O3. The van der Waals surface area contributed by atoms with E-state index in [0.717, 1.165) is 94.6 Å². The van der Waals surface area contributed by atoms with Crippen LogP contribution in [0.25, 0.3) is 122 Å². The van der Waals surface area contributed by atoms with Crippen molar-refractivity contribution in [3.63, 3.8) is 0 Å². The number of nitrogens with zero attached hydrogens (tertiary/aromatic N) is 5. The van der Waals surface area contributed by atoms with Crippen LogP contribution in [-0.2, 0) is 0 Å². The molecule has 8 nitrogen and oxygen atoms in total. The van der Waals surface area contributed by atoms with E-state index in [1.165, 1.54) is 50.2 Å². The summed E-state index contributed by atoms with van der Waals surface area (Å²) in [5.74, 6) is 3.70. The zero-order chi connectivity index (χ0) is 56.9. The Labute approximate surface area is 483 Å². The Bertz CT molecular complexity index is 4800. The largest absolute Gasteiger partial charge is 0.457 e. The quantitative estimate of drug-likeness (QED) is 0.121. The molecule has 0 N–H and O–H groups in total. The molecular weight excluding hydrogens is 1020 g/mol. The fourth-order valence-electron chi connectivity index (χ4n) is 12.6. The van der Waals surface area contributed by atoms with Crippen molar-refractivity contribution in [2.45, 2.75) is 92.9 Å². The van der Waals surface area contributed by atoms with Gasteiger partial charge in [0.05, 0.1) is 39.0 Å². The molecule has 0 spiro atoms. The standard InChI is InChI=1S/C75H65N5O3/c1-42(2)55-34-51(48-22-13-11-14-23-48)35-56(43(3)4)71(55)79-65-30-19-17-28-63(65)77-74(79)50-26-21-27-53(33-50)81-54-38-60-59-40-61-68(82-69-32-46(9)76-47(10)70(61)69)41-67(59)83-73(60)62(39-54)75-78-64-29-18-20-31-66(64)80(75)72-57(44(5)6)36-52(37-58(72)45(7)8)49-24-15-12-16-25-49/h11-45H,1-10H3. The van der Waals surface area contributed by atoms with Gasteiger partial charge in [0.2, 0.25) is 0 Å². The Morgan fingerprint density at radius 2 is 0.892 bits per heavy atom. The summed E-state index contributed by atoms with van der Waals surface area (Å²) in [5, 5.41) is 3.80. The predicted octanol–water partition coefficient (Wildman–Crippen LogP) is 21.1. The normalized spacial score (nSPS) is 12.2. The number of furan rings is 2. The Morgan fingerprint density at radius 1 is 0.386 bits per heavy atom. The van der Waals surface area contributed by atoms with Crippen molar-refractivity contribution in [2.75, 3.05) is 0 Å². The van der Waals surface area contributed by atoms with Gasteiger partial charge < -0.3 is 13.6 Å². The molecule has 9 aromatic carbocycles. The van der Waals surface area contributed by atoms with Gasteiger partial charge >= 0.3 is 0 Å². The first-order valence-corrected chi connectivity index (χ1v) is 29.2. The number of benzene rings is 9. The van der Waals surface area contributed by atoms with E-state index in [4.69, 9.17) is 28.5 Å². The van der Waals surface area contributed by atoms with E-state index in [1.807, 2.05) is 25.1 Å². The number of fused-ring (bicyclic) bond motifs is 8. The highest BCUT2D eigenvalue weighted by Crippen LogP contribution is 2.47. The summed E-state index contributed by atoms with van der Waals surface area (Å²) >= 11 is 0. The van der Waals surface area contributed by atoms with Gasteiger partial charge in [0.25, 0.3) is 0 Å². The van der Waals surface area contributed by atoms with E-state index in [0.29, 0.717) is 22.7 Å². The van der Waals surface area contributed by atoms with E-state index in [1.54, 1.807) is 0 Å². The summed E-state index contributed by atoms with van der Waals surface area (Å²) in [4.78, 5) is 15.9. The van der Waals surface area contributed by atoms with Gasteiger partial charge in [0.1, 0.15) is 45.5 Å². The molecule has 14 rings (SSSR count). The van der Waals surface area contributed by atoms with Crippen LogP contribution >= 0.6 is 0 Å². The molecule has 83 heavy (non-hydrogen) atoms. The molecule has 0 amide bonds. The molecule has 0 aliphatic heterocycles. The number of rotatable bonds is 12. The van der Waals surface area contributed by atoms with Crippen LogP contribution in [0.1, 0.15) is 113 Å². The van der Waals surface area contributed by atoms with E-state index in [9.17, 15) is 0 Å². The maximum atomic E-state index is 7.28. The van der Waals surface area contributed by atoms with Gasteiger partial charge in [-0.1, -0.05) is 152 Å². The van der Waals surface area contributed by atoms with E-state index < -0.39 is 0 Å². The predicted molar refractivity (Wildman–Crippen MR) is 342 cm³/mol. The number of imidazole rings is 2. The fourth-order valence-corrected chi connectivity index (χ4v) is 12.6. The van der Waals surface area contributed by atoms with Crippen LogP contribution in [0.4, 0.5) is 0 Å². The molecule has 0 aliphatic carbocycles. The van der Waals surface area contributed by atoms with Crippen molar-refractivity contribution in [1.82, 2.24) is 24.1 Å². The SMILES string of the molecule is Cc1cc2oc3cc4oc5c(-c6nc7ccccc7n6-c6c(C(C)C)cc(-c7ccccc7)cc6C(C)C)cc(Oc6cccc(-c7nc8ccccc8n7-c7c(C(C)C)cc(-c8ccccc8)cc7C(C)C)c6)cc5c4cc3c2c(C)n1. The summed E-state index contributed by atoms with van der Waals surface area (Å²) in [6, 6.07) is 66.8. The highest BCUT2D eigenvalue weighted by molar-refractivity contribution is 6.17. The molecule has 0 bridgehead atoms. The van der Waals surface area contributed by atoms with Crippen molar-refractivity contribution in [3.05, 3.63) is 222 Å². The number of aryl methyl sites for hydroxylation is 2. The van der Waals surface area contributed by atoms with Gasteiger partial charge in [-0.05, 0) is 161 Å². The van der Waals surface area contributed by atoms with Gasteiger partial charge in [-0.25, -0.2) is 9.97 Å². The third kappa shape index (κ3) is 8.78. The number of hydrogen-bond donors (Lipinski definition) is 0. The van der Waals surface area contributed by atoms with Gasteiger partial charge in [0, 0.05) is 50.6 Å². The third-order valence-electron chi connectivity index (χ3n) is 16.6.